The topological polar surface area (TPSA) is 78.9 Å². The number of hydrogen-bond donors (Lipinski definition) is 2. The first-order chi connectivity index (χ1) is 7.61. The molecular formula is C9H20N2O4S. The van der Waals surface area contributed by atoms with E-state index in [0.29, 0.717) is 32.5 Å². The van der Waals surface area contributed by atoms with E-state index in [1.54, 1.807) is 0 Å². The van der Waals surface area contributed by atoms with Crippen LogP contribution in [0.25, 0.3) is 0 Å². The van der Waals surface area contributed by atoms with Crippen LogP contribution >= 0.6 is 0 Å². The summed E-state index contributed by atoms with van der Waals surface area (Å²) in [5.41, 5.74) is 0. The van der Waals surface area contributed by atoms with E-state index in [2.05, 4.69) is 5.32 Å². The monoisotopic (exact) mass is 252 g/mol. The summed E-state index contributed by atoms with van der Waals surface area (Å²) in [6, 6.07) is -0.208. The van der Waals surface area contributed by atoms with Gasteiger partial charge in [0.05, 0.1) is 6.61 Å². The van der Waals surface area contributed by atoms with E-state index in [-0.39, 0.29) is 19.3 Å². The van der Waals surface area contributed by atoms with Crippen molar-refractivity contribution in [1.29, 1.82) is 0 Å². The predicted octanol–water partition coefficient (Wildman–Crippen LogP) is -0.686. The smallest absolute Gasteiger partial charge is 0.338 e. The van der Waals surface area contributed by atoms with Crippen molar-refractivity contribution in [2.45, 2.75) is 25.8 Å². The SMILES string of the molecule is CCCOS(=O)(=O)N1CCNCC1CCO. The van der Waals surface area contributed by atoms with Crippen LogP contribution in [0.4, 0.5) is 0 Å². The van der Waals surface area contributed by atoms with Gasteiger partial charge in [0, 0.05) is 32.3 Å². The Labute approximate surface area is 96.8 Å². The van der Waals surface area contributed by atoms with Crippen molar-refractivity contribution in [1.82, 2.24) is 9.62 Å². The van der Waals surface area contributed by atoms with Crippen molar-refractivity contribution in [2.75, 3.05) is 32.8 Å². The minimum absolute atomic E-state index is 0.0217. The fourth-order valence-corrected chi connectivity index (χ4v) is 3.06. The van der Waals surface area contributed by atoms with Crippen molar-refractivity contribution in [2.24, 2.45) is 0 Å². The first-order valence-electron chi connectivity index (χ1n) is 5.59. The van der Waals surface area contributed by atoms with Gasteiger partial charge < -0.3 is 10.4 Å². The Morgan fingerprint density at radius 2 is 2.31 bits per heavy atom. The van der Waals surface area contributed by atoms with Crippen molar-refractivity contribution in [3.63, 3.8) is 0 Å². The number of aliphatic hydroxyl groups is 1. The molecule has 1 saturated heterocycles. The molecule has 96 valence electrons. The summed E-state index contributed by atoms with van der Waals surface area (Å²) in [6.45, 7) is 3.63. The third kappa shape index (κ3) is 3.67. The van der Waals surface area contributed by atoms with Crippen LogP contribution in [0.5, 0.6) is 0 Å². The molecule has 0 aromatic heterocycles. The normalized spacial score (nSPS) is 23.5. The molecule has 1 aliphatic rings. The molecule has 1 heterocycles. The van der Waals surface area contributed by atoms with Gasteiger partial charge in [-0.3, -0.25) is 4.18 Å². The standard InChI is InChI=1S/C9H20N2O4S/c1-2-7-15-16(13,14)11-5-4-10-8-9(11)3-6-12/h9-10,12H,2-8H2,1H3. The van der Waals surface area contributed by atoms with Gasteiger partial charge >= 0.3 is 10.3 Å². The van der Waals surface area contributed by atoms with Gasteiger partial charge in [-0.1, -0.05) is 6.92 Å². The summed E-state index contributed by atoms with van der Waals surface area (Å²) in [4.78, 5) is 0. The van der Waals surface area contributed by atoms with Gasteiger partial charge in [0.2, 0.25) is 0 Å². The van der Waals surface area contributed by atoms with E-state index < -0.39 is 10.3 Å². The highest BCUT2D eigenvalue weighted by Gasteiger charge is 2.32. The Balaban J connectivity index is 2.66. The zero-order valence-corrected chi connectivity index (χ0v) is 10.4. The van der Waals surface area contributed by atoms with Crippen LogP contribution in [0, 0.1) is 0 Å². The summed E-state index contributed by atoms with van der Waals surface area (Å²) in [5, 5.41) is 12.0. The van der Waals surface area contributed by atoms with Crippen LogP contribution < -0.4 is 5.32 Å². The zero-order chi connectivity index (χ0) is 12.0. The number of nitrogens with one attached hydrogen (secondary N) is 1. The third-order valence-electron chi connectivity index (χ3n) is 2.48. The molecule has 16 heavy (non-hydrogen) atoms. The maximum atomic E-state index is 11.8. The Bertz CT molecular complexity index is 292. The number of piperazine rings is 1. The molecule has 0 aliphatic carbocycles. The molecule has 0 bridgehead atoms. The molecule has 1 unspecified atom stereocenters. The molecule has 1 fully saturated rings. The minimum Gasteiger partial charge on any atom is -0.396 e. The Morgan fingerprint density at radius 3 is 2.94 bits per heavy atom. The first kappa shape index (κ1) is 13.9. The summed E-state index contributed by atoms with van der Waals surface area (Å²) in [7, 11) is -3.63. The summed E-state index contributed by atoms with van der Waals surface area (Å²) in [5.74, 6) is 0. The lowest BCUT2D eigenvalue weighted by molar-refractivity contribution is 0.177. The minimum atomic E-state index is -3.63. The van der Waals surface area contributed by atoms with E-state index in [1.807, 2.05) is 6.92 Å². The highest BCUT2D eigenvalue weighted by atomic mass is 32.2. The van der Waals surface area contributed by atoms with Gasteiger partial charge in [-0.05, 0) is 12.8 Å². The van der Waals surface area contributed by atoms with E-state index >= 15 is 0 Å². The van der Waals surface area contributed by atoms with E-state index in [0.717, 1.165) is 0 Å². The summed E-state index contributed by atoms with van der Waals surface area (Å²) >= 11 is 0. The summed E-state index contributed by atoms with van der Waals surface area (Å²) in [6.07, 6.45) is 1.09. The van der Waals surface area contributed by atoms with Crippen LogP contribution in [-0.4, -0.2) is 56.7 Å². The van der Waals surface area contributed by atoms with Gasteiger partial charge in [0.15, 0.2) is 0 Å². The molecule has 6 nitrogen and oxygen atoms in total. The van der Waals surface area contributed by atoms with E-state index in [4.69, 9.17) is 9.29 Å². The fourth-order valence-electron chi connectivity index (χ4n) is 1.69. The van der Waals surface area contributed by atoms with Crippen molar-refractivity contribution >= 4 is 10.3 Å². The second kappa shape index (κ2) is 6.51. The zero-order valence-electron chi connectivity index (χ0n) is 9.55. The molecule has 0 aromatic rings. The fraction of sp³-hybridized carbons (Fsp3) is 1.00. The van der Waals surface area contributed by atoms with Gasteiger partial charge in [-0.25, -0.2) is 0 Å². The van der Waals surface area contributed by atoms with Crippen LogP contribution in [0.15, 0.2) is 0 Å². The lowest BCUT2D eigenvalue weighted by atomic mass is 10.2. The molecule has 1 aliphatic heterocycles. The molecule has 0 spiro atoms. The second-order valence-corrected chi connectivity index (χ2v) is 5.32. The average Bonchev–Trinajstić information content (AvgIpc) is 2.27. The van der Waals surface area contributed by atoms with Crippen molar-refractivity contribution in [3.8, 4) is 0 Å². The Morgan fingerprint density at radius 1 is 1.56 bits per heavy atom. The molecule has 2 N–H and O–H groups in total. The number of rotatable bonds is 6. The Hall–Kier alpha value is -0.210. The molecule has 7 heteroatoms. The second-order valence-electron chi connectivity index (χ2n) is 3.76. The molecular weight excluding hydrogens is 232 g/mol. The highest BCUT2D eigenvalue weighted by Crippen LogP contribution is 2.14. The highest BCUT2D eigenvalue weighted by molar-refractivity contribution is 7.84. The Kier molecular flexibility index (Phi) is 5.63. The lowest BCUT2D eigenvalue weighted by Gasteiger charge is -2.34. The maximum Gasteiger partial charge on any atom is 0.338 e. The molecule has 0 aromatic carbocycles. The van der Waals surface area contributed by atoms with Gasteiger partial charge in [-0.2, -0.15) is 12.7 Å². The predicted molar refractivity (Wildman–Crippen MR) is 60.2 cm³/mol. The maximum absolute atomic E-state index is 11.8. The van der Waals surface area contributed by atoms with Crippen molar-refractivity contribution < 1.29 is 17.7 Å². The number of nitrogens with zero attached hydrogens (tertiary/aromatic N) is 1. The quantitative estimate of drug-likeness (QED) is 0.654. The van der Waals surface area contributed by atoms with Gasteiger partial charge in [-0.15, -0.1) is 0 Å². The average molecular weight is 252 g/mol. The van der Waals surface area contributed by atoms with E-state index in [1.165, 1.54) is 4.31 Å². The summed E-state index contributed by atoms with van der Waals surface area (Å²) < 4.78 is 29.9. The van der Waals surface area contributed by atoms with Gasteiger partial charge in [0.25, 0.3) is 0 Å². The molecule has 0 amide bonds. The van der Waals surface area contributed by atoms with Crippen molar-refractivity contribution in [3.05, 3.63) is 0 Å². The van der Waals surface area contributed by atoms with Crippen LogP contribution in [0.2, 0.25) is 0 Å². The van der Waals surface area contributed by atoms with E-state index in [9.17, 15) is 8.42 Å². The molecule has 1 atom stereocenters. The first-order valence-corrected chi connectivity index (χ1v) is 6.96. The van der Waals surface area contributed by atoms with Crippen LogP contribution in [0.3, 0.4) is 0 Å². The third-order valence-corrected chi connectivity index (χ3v) is 4.00. The number of aliphatic hydroxyl groups excluding tert-OH is 1. The number of hydrogen-bond acceptors (Lipinski definition) is 5. The van der Waals surface area contributed by atoms with Gasteiger partial charge in [0.1, 0.15) is 0 Å². The molecule has 0 saturated carbocycles. The van der Waals surface area contributed by atoms with Crippen LogP contribution in [-0.2, 0) is 14.5 Å². The molecule has 1 rings (SSSR count). The lowest BCUT2D eigenvalue weighted by Crippen LogP contribution is -2.54. The van der Waals surface area contributed by atoms with Crippen LogP contribution in [0.1, 0.15) is 19.8 Å². The molecule has 0 radical (unpaired) electrons. The largest absolute Gasteiger partial charge is 0.396 e.